The van der Waals surface area contributed by atoms with Crippen LogP contribution in [0.1, 0.15) is 66.5 Å². The molecule has 6 heteroatoms. The van der Waals surface area contributed by atoms with E-state index in [1.54, 1.807) is 36.9 Å². The molecule has 0 atom stereocenters. The quantitative estimate of drug-likeness (QED) is 0.192. The Kier molecular flexibility index (Phi) is 13.0. The van der Waals surface area contributed by atoms with Crippen molar-refractivity contribution in [3.05, 3.63) is 76.7 Å². The minimum atomic E-state index is -0.0871. The number of Topliss-reactive ketones (excluding diaryl/α,β-unsaturated/α-hetero) is 1. The van der Waals surface area contributed by atoms with Crippen LogP contribution >= 0.6 is 11.3 Å². The lowest BCUT2D eigenvalue weighted by molar-refractivity contribution is -0.113. The van der Waals surface area contributed by atoms with Gasteiger partial charge in [0, 0.05) is 58.8 Å². The summed E-state index contributed by atoms with van der Waals surface area (Å²) in [5, 5.41) is 4.08. The van der Waals surface area contributed by atoms with Crippen LogP contribution in [0.5, 0.6) is 11.5 Å². The summed E-state index contributed by atoms with van der Waals surface area (Å²) in [6.07, 6.45) is 5.19. The summed E-state index contributed by atoms with van der Waals surface area (Å²) in [5.41, 5.74) is 6.10. The summed E-state index contributed by atoms with van der Waals surface area (Å²) in [6, 6.07) is 5.90. The van der Waals surface area contributed by atoms with Gasteiger partial charge < -0.3 is 14.4 Å². The first kappa shape index (κ1) is 32.6. The van der Waals surface area contributed by atoms with Crippen molar-refractivity contribution in [2.75, 3.05) is 25.7 Å². The molecule has 5 nitrogen and oxygen atoms in total. The van der Waals surface area contributed by atoms with E-state index in [0.717, 1.165) is 33.7 Å². The highest BCUT2D eigenvalue weighted by atomic mass is 32.1. The third kappa shape index (κ3) is 8.88. The van der Waals surface area contributed by atoms with Gasteiger partial charge in [-0.05, 0) is 36.8 Å². The van der Waals surface area contributed by atoms with Crippen LogP contribution in [-0.4, -0.2) is 32.8 Å². The van der Waals surface area contributed by atoms with Gasteiger partial charge in [0.2, 0.25) is 0 Å². The van der Waals surface area contributed by atoms with Crippen LogP contribution in [-0.2, 0) is 4.79 Å². The van der Waals surface area contributed by atoms with Gasteiger partial charge in [0.25, 0.3) is 0 Å². The molecule has 0 fully saturated rings. The number of anilines is 1. The number of ether oxygens (including phenoxy) is 2. The monoisotopic (exact) mass is 536 g/mol. The van der Waals surface area contributed by atoms with Gasteiger partial charge in [-0.3, -0.25) is 9.79 Å². The standard InChI is InChI=1S/C25H26N2O3S.C5H12.C2H6/c1-7-18(13-26-8-2)20-11-21-24(12-23(20)29-6)30-14-22(16(3)17(4)28)25(21)27(5)19-9-10-31-15-19;1-5(2,3)4;1-2/h7-13,15H,1,3,14H2,2,4-6H3;1-4H3;1-2H3/b18-13+,26-8?;;. The molecule has 0 N–H and O–H groups in total. The maximum atomic E-state index is 12.2. The van der Waals surface area contributed by atoms with Crippen molar-refractivity contribution < 1.29 is 14.3 Å². The minimum absolute atomic E-state index is 0.0871. The molecule has 0 unspecified atom stereocenters. The van der Waals surface area contributed by atoms with Gasteiger partial charge >= 0.3 is 0 Å². The fourth-order valence-corrected chi connectivity index (χ4v) is 4.10. The zero-order valence-electron chi connectivity index (χ0n) is 24.8. The number of fused-ring (bicyclic) bond motifs is 1. The number of nitrogens with zero attached hydrogens (tertiary/aromatic N) is 2. The molecule has 1 aromatic carbocycles. The third-order valence-corrected chi connectivity index (χ3v) is 5.80. The lowest BCUT2D eigenvalue weighted by Gasteiger charge is -2.32. The molecule has 206 valence electrons. The predicted octanol–water partition coefficient (Wildman–Crippen LogP) is 8.84. The summed E-state index contributed by atoms with van der Waals surface area (Å²) in [6.45, 7) is 24.3. The number of hydrogen-bond acceptors (Lipinski definition) is 6. The molecule has 1 aliphatic heterocycles. The Labute approximate surface area is 233 Å². The topological polar surface area (TPSA) is 51.1 Å². The highest BCUT2D eigenvalue weighted by Gasteiger charge is 2.28. The summed E-state index contributed by atoms with van der Waals surface area (Å²) in [5.74, 6) is 1.25. The molecule has 2 heterocycles. The largest absolute Gasteiger partial charge is 0.496 e. The first-order valence-corrected chi connectivity index (χ1v) is 13.7. The van der Waals surface area contributed by atoms with Gasteiger partial charge in [0.05, 0.1) is 18.5 Å². The maximum Gasteiger partial charge on any atom is 0.159 e. The number of allylic oxidation sites excluding steroid dienone is 2. The second-order valence-electron chi connectivity index (χ2n) is 9.94. The molecule has 38 heavy (non-hydrogen) atoms. The number of rotatable bonds is 8. The van der Waals surface area contributed by atoms with E-state index in [9.17, 15) is 4.79 Å². The molecule has 1 aliphatic rings. The number of ketones is 1. The molecule has 2 aromatic rings. The first-order chi connectivity index (χ1) is 17.9. The van der Waals surface area contributed by atoms with Crippen LogP contribution < -0.4 is 14.4 Å². The van der Waals surface area contributed by atoms with Crippen LogP contribution in [0.4, 0.5) is 5.69 Å². The second kappa shape index (κ2) is 15.1. The van der Waals surface area contributed by atoms with E-state index >= 15 is 0 Å². The van der Waals surface area contributed by atoms with Crippen molar-refractivity contribution in [3.63, 3.8) is 0 Å². The van der Waals surface area contributed by atoms with Crippen molar-refractivity contribution in [3.8, 4) is 11.5 Å². The van der Waals surface area contributed by atoms with Crippen LogP contribution in [0.3, 0.4) is 0 Å². The fourth-order valence-electron chi connectivity index (χ4n) is 3.43. The highest BCUT2D eigenvalue weighted by molar-refractivity contribution is 7.08. The number of carbonyl (C=O) groups excluding carboxylic acids is 1. The average Bonchev–Trinajstić information content (AvgIpc) is 3.42. The van der Waals surface area contributed by atoms with E-state index in [0.29, 0.717) is 22.5 Å². The number of benzene rings is 1. The van der Waals surface area contributed by atoms with E-state index in [1.807, 2.05) is 51.4 Å². The van der Waals surface area contributed by atoms with Gasteiger partial charge in [-0.15, -0.1) is 0 Å². The Balaban J connectivity index is 0.000000924. The van der Waals surface area contributed by atoms with Gasteiger partial charge in [0.1, 0.15) is 18.1 Å². The minimum Gasteiger partial charge on any atom is -0.496 e. The zero-order chi connectivity index (χ0) is 29.0. The lowest BCUT2D eigenvalue weighted by Crippen LogP contribution is -2.25. The molecule has 0 saturated carbocycles. The van der Waals surface area contributed by atoms with Gasteiger partial charge in [-0.1, -0.05) is 60.8 Å². The molecule has 3 rings (SSSR count). The Morgan fingerprint density at radius 3 is 2.34 bits per heavy atom. The van der Waals surface area contributed by atoms with Crippen molar-refractivity contribution in [2.24, 2.45) is 10.4 Å². The molecule has 0 aliphatic carbocycles. The molecular weight excluding hydrogens is 492 g/mol. The van der Waals surface area contributed by atoms with E-state index in [2.05, 4.69) is 56.1 Å². The van der Waals surface area contributed by atoms with E-state index in [1.165, 1.54) is 6.92 Å². The van der Waals surface area contributed by atoms with Gasteiger partial charge in [0.15, 0.2) is 5.78 Å². The summed E-state index contributed by atoms with van der Waals surface area (Å²) >= 11 is 1.61. The smallest absolute Gasteiger partial charge is 0.159 e. The van der Waals surface area contributed by atoms with E-state index in [4.69, 9.17) is 9.47 Å². The fraction of sp³-hybridized carbons (Fsp3) is 0.375. The summed E-state index contributed by atoms with van der Waals surface area (Å²) in [4.78, 5) is 18.5. The Bertz CT molecular complexity index is 1190. The van der Waals surface area contributed by atoms with Crippen molar-refractivity contribution in [1.29, 1.82) is 0 Å². The number of carbonyl (C=O) groups is 1. The number of hydrogen-bond donors (Lipinski definition) is 0. The summed E-state index contributed by atoms with van der Waals surface area (Å²) < 4.78 is 11.7. The van der Waals surface area contributed by atoms with Crippen LogP contribution in [0.2, 0.25) is 0 Å². The van der Waals surface area contributed by atoms with Crippen molar-refractivity contribution >= 4 is 40.3 Å². The number of methoxy groups -OCH3 is 1. The highest BCUT2D eigenvalue weighted by Crippen LogP contribution is 2.44. The number of aliphatic imine (C=N–C) groups is 1. The third-order valence-electron chi connectivity index (χ3n) is 5.13. The van der Waals surface area contributed by atoms with Gasteiger partial charge in [-0.25, -0.2) is 0 Å². The molecule has 0 saturated heterocycles. The Hall–Kier alpha value is -3.38. The van der Waals surface area contributed by atoms with Crippen molar-refractivity contribution in [2.45, 2.75) is 55.4 Å². The molecule has 0 radical (unpaired) electrons. The maximum absolute atomic E-state index is 12.2. The SMILES string of the molecule is C=C/C(=C\N=CC)c1cc2c(cc1OC)OCC(C(=C)C(C)=O)=C2N(C)c1ccsc1.CC.CC(C)(C)C. The molecule has 1 aromatic heterocycles. The second-order valence-corrected chi connectivity index (χ2v) is 10.7. The summed E-state index contributed by atoms with van der Waals surface area (Å²) in [7, 11) is 3.60. The number of thiophene rings is 1. The van der Waals surface area contributed by atoms with E-state index < -0.39 is 0 Å². The predicted molar refractivity (Wildman–Crippen MR) is 167 cm³/mol. The average molecular weight is 537 g/mol. The Morgan fingerprint density at radius 1 is 1.24 bits per heavy atom. The van der Waals surface area contributed by atoms with Crippen molar-refractivity contribution in [1.82, 2.24) is 0 Å². The van der Waals surface area contributed by atoms with Crippen LogP contribution in [0, 0.1) is 5.41 Å². The van der Waals surface area contributed by atoms with Crippen LogP contribution in [0.25, 0.3) is 11.3 Å². The lowest BCUT2D eigenvalue weighted by atomic mass is 9.92. The Morgan fingerprint density at radius 2 is 1.87 bits per heavy atom. The van der Waals surface area contributed by atoms with E-state index in [-0.39, 0.29) is 12.4 Å². The molecule has 0 amide bonds. The first-order valence-electron chi connectivity index (χ1n) is 12.8. The normalized spacial score (nSPS) is 12.8. The molecular formula is C32H44N2O3S. The molecule has 0 spiro atoms. The zero-order valence-corrected chi connectivity index (χ0v) is 25.6. The van der Waals surface area contributed by atoms with Gasteiger partial charge in [-0.2, -0.15) is 11.3 Å². The van der Waals surface area contributed by atoms with Crippen LogP contribution in [0.15, 0.2) is 70.5 Å². The molecule has 0 bridgehead atoms.